The Balaban J connectivity index is 1.95. The zero-order valence-electron chi connectivity index (χ0n) is 12.2. The number of aryl methyl sites for hydroxylation is 1. The van der Waals surface area contributed by atoms with Crippen molar-refractivity contribution in [3.05, 3.63) is 35.4 Å². The van der Waals surface area contributed by atoms with Gasteiger partial charge in [0.05, 0.1) is 0 Å². The molecule has 0 radical (unpaired) electrons. The van der Waals surface area contributed by atoms with E-state index in [1.807, 2.05) is 0 Å². The van der Waals surface area contributed by atoms with Crippen LogP contribution in [-0.4, -0.2) is 12.1 Å². The van der Waals surface area contributed by atoms with Gasteiger partial charge in [0.25, 0.3) is 0 Å². The van der Waals surface area contributed by atoms with Crippen molar-refractivity contribution in [1.29, 1.82) is 0 Å². The molecule has 0 saturated heterocycles. The summed E-state index contributed by atoms with van der Waals surface area (Å²) in [6.07, 6.45) is 4.66. The van der Waals surface area contributed by atoms with Crippen molar-refractivity contribution in [2.45, 2.75) is 58.5 Å². The Morgan fingerprint density at radius 2 is 2.00 bits per heavy atom. The molecule has 3 unspecified atom stereocenters. The van der Waals surface area contributed by atoms with E-state index in [-0.39, 0.29) is 12.1 Å². The van der Waals surface area contributed by atoms with E-state index in [9.17, 15) is 4.79 Å². The largest absolute Gasteiger partial charge is 0.462 e. The smallest absolute Gasteiger partial charge is 0.302 e. The number of hydrogen-bond acceptors (Lipinski definition) is 2. The number of hydrogen-bond donors (Lipinski definition) is 0. The van der Waals surface area contributed by atoms with Crippen LogP contribution in [0.3, 0.4) is 0 Å². The number of ether oxygens (including phenoxy) is 1. The van der Waals surface area contributed by atoms with Crippen molar-refractivity contribution >= 4 is 5.97 Å². The predicted molar refractivity (Wildman–Crippen MR) is 77.1 cm³/mol. The van der Waals surface area contributed by atoms with Crippen LogP contribution in [0.15, 0.2) is 24.3 Å². The zero-order chi connectivity index (χ0) is 13.8. The fourth-order valence-corrected chi connectivity index (χ4v) is 3.13. The normalized spacial score (nSPS) is 24.2. The molecule has 1 aromatic rings. The van der Waals surface area contributed by atoms with E-state index < -0.39 is 0 Å². The van der Waals surface area contributed by atoms with Crippen molar-refractivity contribution in [2.75, 3.05) is 0 Å². The third-order valence-corrected chi connectivity index (χ3v) is 4.21. The summed E-state index contributed by atoms with van der Waals surface area (Å²) in [5, 5.41) is 0. The highest BCUT2D eigenvalue weighted by molar-refractivity contribution is 5.66. The van der Waals surface area contributed by atoms with Crippen molar-refractivity contribution in [3.63, 3.8) is 0 Å². The van der Waals surface area contributed by atoms with Gasteiger partial charge < -0.3 is 4.74 Å². The number of rotatable bonds is 4. The Labute approximate surface area is 116 Å². The molecule has 1 saturated carbocycles. The minimum Gasteiger partial charge on any atom is -0.462 e. The Morgan fingerprint density at radius 1 is 1.32 bits per heavy atom. The maximum Gasteiger partial charge on any atom is 0.302 e. The summed E-state index contributed by atoms with van der Waals surface area (Å²) in [5.74, 6) is 0.918. The van der Waals surface area contributed by atoms with Crippen LogP contribution in [0.1, 0.15) is 56.6 Å². The van der Waals surface area contributed by atoms with Crippen molar-refractivity contribution in [2.24, 2.45) is 5.92 Å². The Kier molecular flexibility index (Phi) is 4.62. The number of esters is 1. The first-order valence-electron chi connectivity index (χ1n) is 7.30. The summed E-state index contributed by atoms with van der Waals surface area (Å²) in [6.45, 7) is 5.90. The van der Waals surface area contributed by atoms with E-state index in [0.717, 1.165) is 12.8 Å². The van der Waals surface area contributed by atoms with Crippen molar-refractivity contribution in [1.82, 2.24) is 0 Å². The lowest BCUT2D eigenvalue weighted by Gasteiger charge is -2.23. The third kappa shape index (κ3) is 3.82. The average molecular weight is 260 g/mol. The van der Waals surface area contributed by atoms with E-state index in [4.69, 9.17) is 4.74 Å². The lowest BCUT2D eigenvalue weighted by Crippen LogP contribution is -2.22. The second-order valence-electron chi connectivity index (χ2n) is 5.89. The molecular weight excluding hydrogens is 236 g/mol. The topological polar surface area (TPSA) is 26.3 Å². The van der Waals surface area contributed by atoms with E-state index >= 15 is 0 Å². The quantitative estimate of drug-likeness (QED) is 0.758. The lowest BCUT2D eigenvalue weighted by atomic mass is 9.88. The number of benzene rings is 1. The van der Waals surface area contributed by atoms with Gasteiger partial charge in [0, 0.05) is 6.92 Å². The maximum atomic E-state index is 11.1. The molecule has 0 amide bonds. The highest BCUT2D eigenvalue weighted by atomic mass is 16.5. The maximum absolute atomic E-state index is 11.1. The van der Waals surface area contributed by atoms with Gasteiger partial charge >= 0.3 is 5.97 Å². The van der Waals surface area contributed by atoms with Gasteiger partial charge in [-0.25, -0.2) is 0 Å². The summed E-state index contributed by atoms with van der Waals surface area (Å²) in [7, 11) is 0. The minimum absolute atomic E-state index is 0.139. The summed E-state index contributed by atoms with van der Waals surface area (Å²) >= 11 is 0. The van der Waals surface area contributed by atoms with Crippen molar-refractivity contribution in [3.8, 4) is 0 Å². The van der Waals surface area contributed by atoms with Crippen LogP contribution in [0.4, 0.5) is 0 Å². The molecule has 2 heteroatoms. The highest BCUT2D eigenvalue weighted by Crippen LogP contribution is 2.36. The monoisotopic (exact) mass is 260 g/mol. The molecule has 1 aliphatic rings. The third-order valence-electron chi connectivity index (χ3n) is 4.21. The van der Waals surface area contributed by atoms with Crippen LogP contribution in [0, 0.1) is 12.8 Å². The molecule has 2 rings (SSSR count). The standard InChI is InChI=1S/C17H24O2/c1-12-7-9-15(10-8-12)13(2)11-16-5-4-6-17(16)19-14(3)18/h7-10,13,16-17H,4-6,11H2,1-3H3. The molecule has 0 N–H and O–H groups in total. The van der Waals surface area contributed by atoms with E-state index in [0.29, 0.717) is 11.8 Å². The molecule has 104 valence electrons. The molecule has 0 aliphatic heterocycles. The Bertz CT molecular complexity index is 421. The van der Waals surface area contributed by atoms with Crippen molar-refractivity contribution < 1.29 is 9.53 Å². The first-order valence-corrected chi connectivity index (χ1v) is 7.30. The summed E-state index contributed by atoms with van der Waals surface area (Å²) in [6, 6.07) is 8.78. The zero-order valence-corrected chi connectivity index (χ0v) is 12.2. The second kappa shape index (κ2) is 6.23. The molecule has 0 aromatic heterocycles. The fraction of sp³-hybridized carbons (Fsp3) is 0.588. The fourth-order valence-electron chi connectivity index (χ4n) is 3.13. The van der Waals surface area contributed by atoms with E-state index in [1.165, 1.54) is 30.9 Å². The highest BCUT2D eigenvalue weighted by Gasteiger charge is 2.30. The van der Waals surface area contributed by atoms with Gasteiger partial charge in [-0.1, -0.05) is 36.8 Å². The van der Waals surface area contributed by atoms with Crippen LogP contribution < -0.4 is 0 Å². The number of carbonyl (C=O) groups excluding carboxylic acids is 1. The second-order valence-corrected chi connectivity index (χ2v) is 5.89. The number of carbonyl (C=O) groups is 1. The molecule has 1 fully saturated rings. The molecule has 0 bridgehead atoms. The summed E-state index contributed by atoms with van der Waals surface area (Å²) in [5.41, 5.74) is 2.69. The van der Waals surface area contributed by atoms with Crippen LogP contribution in [0.25, 0.3) is 0 Å². The summed E-state index contributed by atoms with van der Waals surface area (Å²) < 4.78 is 5.44. The SMILES string of the molecule is CC(=O)OC1CCCC1CC(C)c1ccc(C)cc1. The van der Waals surface area contributed by atoms with Gasteiger partial charge in [-0.05, 0) is 50.0 Å². The van der Waals surface area contributed by atoms with Gasteiger partial charge in [0.15, 0.2) is 0 Å². The molecular formula is C17H24O2. The predicted octanol–water partition coefficient (Wildman–Crippen LogP) is 4.22. The molecule has 0 heterocycles. The Hall–Kier alpha value is -1.31. The molecule has 1 aliphatic carbocycles. The molecule has 0 spiro atoms. The van der Waals surface area contributed by atoms with Crippen LogP contribution in [-0.2, 0) is 9.53 Å². The van der Waals surface area contributed by atoms with E-state index in [2.05, 4.69) is 38.1 Å². The van der Waals surface area contributed by atoms with Gasteiger partial charge in [0.2, 0.25) is 0 Å². The average Bonchev–Trinajstić information content (AvgIpc) is 2.76. The van der Waals surface area contributed by atoms with Crippen LogP contribution in [0.5, 0.6) is 0 Å². The van der Waals surface area contributed by atoms with Crippen LogP contribution in [0.2, 0.25) is 0 Å². The summed E-state index contributed by atoms with van der Waals surface area (Å²) in [4.78, 5) is 11.1. The van der Waals surface area contributed by atoms with Gasteiger partial charge in [-0.2, -0.15) is 0 Å². The van der Waals surface area contributed by atoms with Crippen LogP contribution >= 0.6 is 0 Å². The molecule has 1 aromatic carbocycles. The van der Waals surface area contributed by atoms with Gasteiger partial charge in [-0.15, -0.1) is 0 Å². The van der Waals surface area contributed by atoms with Gasteiger partial charge in [0.1, 0.15) is 6.10 Å². The Morgan fingerprint density at radius 3 is 2.63 bits per heavy atom. The first-order chi connectivity index (χ1) is 9.06. The minimum atomic E-state index is -0.139. The lowest BCUT2D eigenvalue weighted by molar-refractivity contribution is -0.148. The first kappa shape index (κ1) is 14.1. The molecule has 2 nitrogen and oxygen atoms in total. The molecule has 3 atom stereocenters. The molecule has 19 heavy (non-hydrogen) atoms. The van der Waals surface area contributed by atoms with Gasteiger partial charge in [-0.3, -0.25) is 4.79 Å². The van der Waals surface area contributed by atoms with E-state index in [1.54, 1.807) is 0 Å².